The number of piperazine rings is 1. The average molecular weight is 253 g/mol. The zero-order valence-electron chi connectivity index (χ0n) is 11.9. The first-order chi connectivity index (χ1) is 8.62. The first-order valence-electron chi connectivity index (χ1n) is 7.30. The Morgan fingerprint density at radius 3 is 2.28 bits per heavy atom. The highest BCUT2D eigenvalue weighted by molar-refractivity contribution is 5.72. The van der Waals surface area contributed by atoms with Crippen LogP contribution in [0.5, 0.6) is 0 Å². The summed E-state index contributed by atoms with van der Waals surface area (Å²) in [7, 11) is 2.19. The zero-order valence-corrected chi connectivity index (χ0v) is 11.9. The lowest BCUT2D eigenvalue weighted by Gasteiger charge is -2.49. The van der Waals surface area contributed by atoms with Gasteiger partial charge in [-0.1, -0.05) is 19.3 Å². The molecule has 1 heterocycles. The van der Waals surface area contributed by atoms with Gasteiger partial charge in [-0.2, -0.15) is 0 Å². The van der Waals surface area contributed by atoms with Gasteiger partial charge >= 0.3 is 0 Å². The first kappa shape index (κ1) is 13.8. The van der Waals surface area contributed by atoms with E-state index < -0.39 is 0 Å². The van der Waals surface area contributed by atoms with Crippen LogP contribution in [-0.4, -0.2) is 61.0 Å². The van der Waals surface area contributed by atoms with Crippen molar-refractivity contribution < 1.29 is 4.79 Å². The van der Waals surface area contributed by atoms with Crippen molar-refractivity contribution >= 4 is 5.91 Å². The van der Waals surface area contributed by atoms with Crippen LogP contribution in [0, 0.1) is 0 Å². The number of carbonyl (C=O) groups is 1. The second-order valence-corrected chi connectivity index (χ2v) is 5.99. The van der Waals surface area contributed by atoms with Crippen LogP contribution in [-0.2, 0) is 4.79 Å². The Labute approximate surface area is 111 Å². The van der Waals surface area contributed by atoms with Crippen molar-refractivity contribution in [3.8, 4) is 0 Å². The molecule has 4 heteroatoms. The van der Waals surface area contributed by atoms with Gasteiger partial charge in [0.15, 0.2) is 0 Å². The molecule has 1 N–H and O–H groups in total. The SMILES string of the molecule is CC(=O)NCC1(N2CCN(C)CC2)CCCCC1. The maximum atomic E-state index is 11.2. The highest BCUT2D eigenvalue weighted by Gasteiger charge is 2.38. The summed E-state index contributed by atoms with van der Waals surface area (Å²) in [5.41, 5.74) is 0.241. The van der Waals surface area contributed by atoms with E-state index in [2.05, 4.69) is 22.2 Å². The van der Waals surface area contributed by atoms with Crippen LogP contribution in [0.1, 0.15) is 39.0 Å². The fourth-order valence-electron chi connectivity index (χ4n) is 3.38. The van der Waals surface area contributed by atoms with Gasteiger partial charge in [-0.05, 0) is 19.9 Å². The van der Waals surface area contributed by atoms with Gasteiger partial charge in [0.05, 0.1) is 0 Å². The minimum Gasteiger partial charge on any atom is -0.354 e. The van der Waals surface area contributed by atoms with Crippen molar-refractivity contribution in [2.45, 2.75) is 44.6 Å². The molecule has 1 saturated carbocycles. The normalized spacial score (nSPS) is 25.9. The van der Waals surface area contributed by atoms with Crippen molar-refractivity contribution in [3.05, 3.63) is 0 Å². The van der Waals surface area contributed by atoms with Crippen molar-refractivity contribution in [1.82, 2.24) is 15.1 Å². The monoisotopic (exact) mass is 253 g/mol. The van der Waals surface area contributed by atoms with Gasteiger partial charge in [-0.3, -0.25) is 9.69 Å². The highest BCUT2D eigenvalue weighted by atomic mass is 16.1. The summed E-state index contributed by atoms with van der Waals surface area (Å²) >= 11 is 0. The average Bonchev–Trinajstić information content (AvgIpc) is 2.38. The number of likely N-dealkylation sites (N-methyl/N-ethyl adjacent to an activating group) is 1. The minimum atomic E-state index is 0.106. The summed E-state index contributed by atoms with van der Waals surface area (Å²) < 4.78 is 0. The molecule has 18 heavy (non-hydrogen) atoms. The molecule has 0 atom stereocenters. The molecule has 0 unspecified atom stereocenters. The van der Waals surface area contributed by atoms with Crippen molar-refractivity contribution in [1.29, 1.82) is 0 Å². The van der Waals surface area contributed by atoms with Gasteiger partial charge in [0, 0.05) is 45.2 Å². The molecule has 0 aromatic carbocycles. The molecule has 1 aliphatic heterocycles. The van der Waals surface area contributed by atoms with Gasteiger partial charge in [-0.15, -0.1) is 0 Å². The third kappa shape index (κ3) is 3.23. The van der Waals surface area contributed by atoms with E-state index in [0.717, 1.165) is 32.7 Å². The Balaban J connectivity index is 2.01. The van der Waals surface area contributed by atoms with Crippen LogP contribution in [0.3, 0.4) is 0 Å². The number of amides is 1. The number of hydrogen-bond donors (Lipinski definition) is 1. The van der Waals surface area contributed by atoms with E-state index in [-0.39, 0.29) is 11.4 Å². The van der Waals surface area contributed by atoms with Crippen molar-refractivity contribution in [2.24, 2.45) is 0 Å². The molecule has 0 aromatic heterocycles. The summed E-state index contributed by atoms with van der Waals surface area (Å²) in [5, 5.41) is 3.07. The highest BCUT2D eigenvalue weighted by Crippen LogP contribution is 2.33. The molecule has 0 spiro atoms. The number of carbonyl (C=O) groups excluding carboxylic acids is 1. The number of nitrogens with zero attached hydrogens (tertiary/aromatic N) is 2. The Bertz CT molecular complexity index is 279. The van der Waals surface area contributed by atoms with Gasteiger partial charge in [-0.25, -0.2) is 0 Å². The van der Waals surface area contributed by atoms with Crippen LogP contribution in [0.4, 0.5) is 0 Å². The molecular weight excluding hydrogens is 226 g/mol. The van der Waals surface area contributed by atoms with Crippen molar-refractivity contribution in [2.75, 3.05) is 39.8 Å². The summed E-state index contributed by atoms with van der Waals surface area (Å²) in [5.74, 6) is 0.106. The molecule has 2 aliphatic rings. The van der Waals surface area contributed by atoms with Gasteiger partial charge in [0.1, 0.15) is 0 Å². The molecule has 1 aliphatic carbocycles. The van der Waals surface area contributed by atoms with Gasteiger partial charge in [0.2, 0.25) is 5.91 Å². The quantitative estimate of drug-likeness (QED) is 0.817. The van der Waals surface area contributed by atoms with Crippen LogP contribution in [0.2, 0.25) is 0 Å². The van der Waals surface area contributed by atoms with Crippen LogP contribution >= 0.6 is 0 Å². The lowest BCUT2D eigenvalue weighted by molar-refractivity contribution is -0.120. The second kappa shape index (κ2) is 6.02. The molecule has 1 amide bonds. The molecule has 104 valence electrons. The zero-order chi connectivity index (χ0) is 13.0. The van der Waals surface area contributed by atoms with E-state index in [4.69, 9.17) is 0 Å². The van der Waals surface area contributed by atoms with E-state index in [1.165, 1.54) is 32.1 Å². The largest absolute Gasteiger partial charge is 0.354 e. The lowest BCUT2D eigenvalue weighted by Crippen LogP contribution is -2.61. The second-order valence-electron chi connectivity index (χ2n) is 5.99. The number of nitrogens with one attached hydrogen (secondary N) is 1. The molecule has 0 radical (unpaired) electrons. The molecular formula is C14H27N3O. The van der Waals surface area contributed by atoms with Crippen LogP contribution < -0.4 is 5.32 Å². The summed E-state index contributed by atoms with van der Waals surface area (Å²) in [6.07, 6.45) is 6.47. The standard InChI is InChI=1S/C14H27N3O/c1-13(18)15-12-14(6-4-3-5-7-14)17-10-8-16(2)9-11-17/h3-12H2,1-2H3,(H,15,18). The Kier molecular flexibility index (Phi) is 4.62. The lowest BCUT2D eigenvalue weighted by atomic mass is 9.79. The predicted octanol–water partition coefficient (Wildman–Crippen LogP) is 1.07. The van der Waals surface area contributed by atoms with Crippen LogP contribution in [0.25, 0.3) is 0 Å². The summed E-state index contributed by atoms with van der Waals surface area (Å²) in [6, 6.07) is 0. The molecule has 0 aromatic rings. The third-order valence-electron chi connectivity index (χ3n) is 4.62. The minimum absolute atomic E-state index is 0.106. The van der Waals surface area contributed by atoms with Crippen molar-refractivity contribution in [3.63, 3.8) is 0 Å². The molecule has 4 nitrogen and oxygen atoms in total. The maximum absolute atomic E-state index is 11.2. The van der Waals surface area contributed by atoms with E-state index in [9.17, 15) is 4.79 Å². The topological polar surface area (TPSA) is 35.6 Å². The summed E-state index contributed by atoms with van der Waals surface area (Å²) in [4.78, 5) is 16.3. The third-order valence-corrected chi connectivity index (χ3v) is 4.62. The smallest absolute Gasteiger partial charge is 0.216 e. The summed E-state index contributed by atoms with van der Waals surface area (Å²) in [6.45, 7) is 7.07. The molecule has 2 rings (SSSR count). The Hall–Kier alpha value is -0.610. The Morgan fingerprint density at radius 1 is 1.11 bits per heavy atom. The molecule has 0 bridgehead atoms. The van der Waals surface area contributed by atoms with E-state index in [1.54, 1.807) is 6.92 Å². The predicted molar refractivity (Wildman–Crippen MR) is 73.6 cm³/mol. The van der Waals surface area contributed by atoms with E-state index in [1.807, 2.05) is 0 Å². The Morgan fingerprint density at radius 2 is 1.72 bits per heavy atom. The van der Waals surface area contributed by atoms with Gasteiger partial charge in [0.25, 0.3) is 0 Å². The van der Waals surface area contributed by atoms with E-state index in [0.29, 0.717) is 0 Å². The molecule has 2 fully saturated rings. The van der Waals surface area contributed by atoms with Crippen LogP contribution in [0.15, 0.2) is 0 Å². The fraction of sp³-hybridized carbons (Fsp3) is 0.929. The molecule has 1 saturated heterocycles. The number of hydrogen-bond acceptors (Lipinski definition) is 3. The first-order valence-corrected chi connectivity index (χ1v) is 7.30. The van der Waals surface area contributed by atoms with E-state index >= 15 is 0 Å². The van der Waals surface area contributed by atoms with Gasteiger partial charge < -0.3 is 10.2 Å². The fourth-order valence-corrected chi connectivity index (χ4v) is 3.38. The maximum Gasteiger partial charge on any atom is 0.216 e. The number of rotatable bonds is 3.